The molecule has 0 radical (unpaired) electrons. The van der Waals surface area contributed by atoms with E-state index in [0.717, 1.165) is 23.0 Å². The predicted octanol–water partition coefficient (Wildman–Crippen LogP) is 0.238. The van der Waals surface area contributed by atoms with Crippen LogP contribution < -0.4 is 0 Å². The number of rotatable bonds is 3. The van der Waals surface area contributed by atoms with Crippen LogP contribution in [-0.4, -0.2) is 60.8 Å². The van der Waals surface area contributed by atoms with E-state index in [9.17, 15) is 16.8 Å². The second-order valence-electron chi connectivity index (χ2n) is 4.16. The van der Waals surface area contributed by atoms with Gasteiger partial charge in [0.1, 0.15) is 10.3 Å². The van der Waals surface area contributed by atoms with Crippen LogP contribution in [0.1, 0.15) is 0 Å². The highest BCUT2D eigenvalue weighted by Crippen LogP contribution is 2.26. The van der Waals surface area contributed by atoms with Gasteiger partial charge in [0.25, 0.3) is 0 Å². The highest BCUT2D eigenvalue weighted by molar-refractivity contribution is 8.01. The molecule has 0 amide bonds. The Morgan fingerprint density at radius 2 is 1.90 bits per heavy atom. The van der Waals surface area contributed by atoms with Crippen LogP contribution in [0.15, 0.2) is 17.3 Å². The molecular weight excluding hydrogens is 346 g/mol. The van der Waals surface area contributed by atoms with Crippen LogP contribution in [0.3, 0.4) is 0 Å². The summed E-state index contributed by atoms with van der Waals surface area (Å²) in [6, 6.07) is 0. The van der Waals surface area contributed by atoms with E-state index in [2.05, 4.69) is 9.97 Å². The molecule has 0 N–H and O–H groups in total. The zero-order valence-electron chi connectivity index (χ0n) is 10.4. The van der Waals surface area contributed by atoms with Gasteiger partial charge in [0, 0.05) is 24.3 Å². The summed E-state index contributed by atoms with van der Waals surface area (Å²) in [6.07, 6.45) is 3.18. The highest BCUT2D eigenvalue weighted by Gasteiger charge is 2.39. The molecule has 1 aromatic rings. The van der Waals surface area contributed by atoms with Gasteiger partial charge in [-0.2, -0.15) is 16.1 Å². The zero-order valence-corrected chi connectivity index (χ0v) is 13.6. The first-order valence-corrected chi connectivity index (χ1v) is 10.4. The summed E-state index contributed by atoms with van der Waals surface area (Å²) in [6.45, 7) is 0.132. The lowest BCUT2D eigenvalue weighted by Gasteiger charge is -2.32. The number of halogens is 1. The van der Waals surface area contributed by atoms with E-state index in [4.69, 9.17) is 11.6 Å². The van der Waals surface area contributed by atoms with Crippen molar-refractivity contribution in [2.45, 2.75) is 10.3 Å². The Balaban J connectivity index is 2.43. The van der Waals surface area contributed by atoms with Crippen molar-refractivity contribution < 1.29 is 16.8 Å². The fourth-order valence-corrected chi connectivity index (χ4v) is 6.91. The third-order valence-electron chi connectivity index (χ3n) is 2.74. The summed E-state index contributed by atoms with van der Waals surface area (Å²) in [5.74, 6) is 0.756. The molecule has 1 aliphatic rings. The van der Waals surface area contributed by atoms with E-state index in [1.807, 2.05) is 0 Å². The Bertz CT molecular complexity index is 690. The molecule has 1 atom stereocenters. The molecule has 20 heavy (non-hydrogen) atoms. The van der Waals surface area contributed by atoms with Crippen molar-refractivity contribution in [3.05, 3.63) is 17.7 Å². The largest absolute Gasteiger partial charge is 0.247 e. The first-order valence-electron chi connectivity index (χ1n) is 5.49. The van der Waals surface area contributed by atoms with E-state index < -0.39 is 25.2 Å². The Morgan fingerprint density at radius 3 is 2.45 bits per heavy atom. The maximum absolute atomic E-state index is 12.5. The first-order chi connectivity index (χ1) is 9.23. The minimum atomic E-state index is -3.95. The van der Waals surface area contributed by atoms with Crippen LogP contribution in [0.25, 0.3) is 0 Å². The van der Waals surface area contributed by atoms with Crippen molar-refractivity contribution in [2.24, 2.45) is 0 Å². The van der Waals surface area contributed by atoms with Gasteiger partial charge in [0.2, 0.25) is 15.3 Å². The lowest BCUT2D eigenvalue weighted by atomic mass is 10.6. The minimum absolute atomic E-state index is 0.0715. The minimum Gasteiger partial charge on any atom is -0.227 e. The van der Waals surface area contributed by atoms with Gasteiger partial charge in [-0.05, 0) is 11.6 Å². The zero-order chi connectivity index (χ0) is 15.0. The van der Waals surface area contributed by atoms with Gasteiger partial charge < -0.3 is 0 Å². The molecule has 112 valence electrons. The van der Waals surface area contributed by atoms with Gasteiger partial charge in [-0.1, -0.05) is 0 Å². The van der Waals surface area contributed by atoms with Crippen molar-refractivity contribution in [3.8, 4) is 0 Å². The summed E-state index contributed by atoms with van der Waals surface area (Å²) in [7, 11) is -7.47. The van der Waals surface area contributed by atoms with Crippen molar-refractivity contribution in [1.29, 1.82) is 0 Å². The average molecular weight is 358 g/mol. The van der Waals surface area contributed by atoms with Gasteiger partial charge in [0.15, 0.2) is 9.84 Å². The number of sulfonamides is 1. The first kappa shape index (κ1) is 16.0. The van der Waals surface area contributed by atoms with Gasteiger partial charge in [-0.3, -0.25) is 0 Å². The summed E-state index contributed by atoms with van der Waals surface area (Å²) in [5, 5.41) is -1.14. The van der Waals surface area contributed by atoms with Crippen molar-refractivity contribution in [1.82, 2.24) is 14.3 Å². The second kappa shape index (κ2) is 5.76. The molecule has 0 aliphatic carbocycles. The van der Waals surface area contributed by atoms with Crippen LogP contribution in [0.4, 0.5) is 0 Å². The lowest BCUT2D eigenvalue weighted by molar-refractivity contribution is 0.404. The normalized spacial score (nSPS) is 21.8. The molecular formula is C9H12ClN3O4S3. The molecule has 1 unspecified atom stereocenters. The molecule has 7 nitrogen and oxygen atoms in total. The van der Waals surface area contributed by atoms with E-state index >= 15 is 0 Å². The van der Waals surface area contributed by atoms with E-state index in [-0.39, 0.29) is 22.5 Å². The third kappa shape index (κ3) is 3.25. The SMILES string of the molecule is CS(=O)(=O)C1CSCCN1S(=O)(=O)c1cnc(Cl)nc1. The molecule has 11 heteroatoms. The van der Waals surface area contributed by atoms with Crippen LogP contribution in [0, 0.1) is 0 Å². The molecule has 1 saturated heterocycles. The van der Waals surface area contributed by atoms with E-state index in [0.29, 0.717) is 5.75 Å². The number of sulfone groups is 1. The van der Waals surface area contributed by atoms with Crippen LogP contribution in [0.2, 0.25) is 5.28 Å². The smallest absolute Gasteiger partial charge is 0.227 e. The van der Waals surface area contributed by atoms with E-state index in [1.54, 1.807) is 0 Å². The van der Waals surface area contributed by atoms with Crippen molar-refractivity contribution in [2.75, 3.05) is 24.3 Å². The molecule has 2 rings (SSSR count). The predicted molar refractivity (Wildman–Crippen MR) is 76.9 cm³/mol. The standard InChI is InChI=1S/C9H12ClN3O4S3/c1-19(14,15)8-6-18-3-2-13(8)20(16,17)7-4-11-9(10)12-5-7/h4-5,8H,2-3,6H2,1H3. The van der Waals surface area contributed by atoms with Gasteiger partial charge in [-0.15, -0.1) is 0 Å². The van der Waals surface area contributed by atoms with E-state index in [1.165, 1.54) is 11.8 Å². The summed E-state index contributed by atoms with van der Waals surface area (Å²) < 4.78 is 49.5. The molecule has 0 saturated carbocycles. The Kier molecular flexibility index (Phi) is 4.59. The second-order valence-corrected chi connectivity index (χ2v) is 9.74. The van der Waals surface area contributed by atoms with Gasteiger partial charge in [0.05, 0.1) is 12.4 Å². The molecule has 1 aliphatic heterocycles. The Morgan fingerprint density at radius 1 is 1.30 bits per heavy atom. The van der Waals surface area contributed by atoms with Crippen molar-refractivity contribution >= 4 is 43.2 Å². The number of hydrogen-bond donors (Lipinski definition) is 0. The maximum atomic E-state index is 12.5. The number of nitrogens with zero attached hydrogens (tertiary/aromatic N) is 3. The van der Waals surface area contributed by atoms with Gasteiger partial charge in [-0.25, -0.2) is 26.8 Å². The monoisotopic (exact) mass is 357 g/mol. The molecule has 0 spiro atoms. The summed E-state index contributed by atoms with van der Waals surface area (Å²) >= 11 is 6.93. The lowest BCUT2D eigenvalue weighted by Crippen LogP contribution is -2.49. The average Bonchev–Trinajstić information content (AvgIpc) is 2.38. The number of thioether (sulfide) groups is 1. The van der Waals surface area contributed by atoms with Crippen molar-refractivity contribution in [3.63, 3.8) is 0 Å². The molecule has 0 bridgehead atoms. The molecule has 0 aromatic carbocycles. The maximum Gasteiger partial charge on any atom is 0.247 e. The number of aromatic nitrogens is 2. The Hall–Kier alpha value is -0.420. The van der Waals surface area contributed by atoms with Crippen LogP contribution in [0.5, 0.6) is 0 Å². The molecule has 1 fully saturated rings. The van der Waals surface area contributed by atoms with Crippen LogP contribution in [-0.2, 0) is 19.9 Å². The molecule has 2 heterocycles. The van der Waals surface area contributed by atoms with Crippen LogP contribution >= 0.6 is 23.4 Å². The summed E-state index contributed by atoms with van der Waals surface area (Å²) in [5.41, 5.74) is 0. The number of hydrogen-bond acceptors (Lipinski definition) is 7. The van der Waals surface area contributed by atoms with Gasteiger partial charge >= 0.3 is 0 Å². The third-order valence-corrected chi connectivity index (χ3v) is 7.57. The quantitative estimate of drug-likeness (QED) is 0.714. The fourth-order valence-electron chi connectivity index (χ4n) is 1.75. The Labute approximate surface area is 126 Å². The highest BCUT2D eigenvalue weighted by atomic mass is 35.5. The fraction of sp³-hybridized carbons (Fsp3) is 0.556. The summed E-state index contributed by atoms with van der Waals surface area (Å²) in [4.78, 5) is 7.08. The topological polar surface area (TPSA) is 97.3 Å². The molecule has 1 aromatic heterocycles.